The van der Waals surface area contributed by atoms with Gasteiger partial charge >= 0.3 is 5.97 Å². The van der Waals surface area contributed by atoms with Gasteiger partial charge in [0.05, 0.1) is 11.3 Å². The molecular formula is C14H17F2NO2. The molecule has 19 heavy (non-hydrogen) atoms. The normalized spacial score (nSPS) is 23.1. The van der Waals surface area contributed by atoms with Crippen molar-refractivity contribution in [2.45, 2.75) is 38.6 Å². The molecular weight excluding hydrogens is 252 g/mol. The summed E-state index contributed by atoms with van der Waals surface area (Å²) < 4.78 is 27.3. The van der Waals surface area contributed by atoms with Crippen molar-refractivity contribution in [3.8, 4) is 0 Å². The number of aromatic carboxylic acids is 1. The lowest BCUT2D eigenvalue weighted by molar-refractivity contribution is 0.0690. The second kappa shape index (κ2) is 5.55. The number of carboxylic acids is 1. The number of halogens is 2. The van der Waals surface area contributed by atoms with Gasteiger partial charge in [0, 0.05) is 6.04 Å². The highest BCUT2D eigenvalue weighted by Gasteiger charge is 2.22. The fraction of sp³-hybridized carbons (Fsp3) is 0.500. The van der Waals surface area contributed by atoms with Gasteiger partial charge in [-0.05, 0) is 43.7 Å². The molecule has 0 radical (unpaired) electrons. The van der Waals surface area contributed by atoms with Crippen LogP contribution in [0, 0.1) is 17.6 Å². The number of nitrogens with one attached hydrogen (secondary N) is 1. The molecule has 0 atom stereocenters. The Morgan fingerprint density at radius 1 is 1.21 bits per heavy atom. The minimum atomic E-state index is -1.46. The molecule has 1 aromatic carbocycles. The van der Waals surface area contributed by atoms with Crippen LogP contribution in [0.4, 0.5) is 14.5 Å². The van der Waals surface area contributed by atoms with E-state index in [2.05, 4.69) is 12.2 Å². The van der Waals surface area contributed by atoms with Crippen molar-refractivity contribution < 1.29 is 18.7 Å². The van der Waals surface area contributed by atoms with Crippen molar-refractivity contribution in [3.63, 3.8) is 0 Å². The molecule has 0 aliphatic heterocycles. The van der Waals surface area contributed by atoms with Gasteiger partial charge in [-0.25, -0.2) is 13.6 Å². The van der Waals surface area contributed by atoms with Crippen molar-refractivity contribution in [2.75, 3.05) is 5.32 Å². The maximum atomic E-state index is 13.8. The highest BCUT2D eigenvalue weighted by Crippen LogP contribution is 2.28. The van der Waals surface area contributed by atoms with Crippen molar-refractivity contribution in [2.24, 2.45) is 5.92 Å². The number of carbonyl (C=O) groups is 1. The first-order valence-corrected chi connectivity index (χ1v) is 6.47. The zero-order valence-electron chi connectivity index (χ0n) is 10.7. The lowest BCUT2D eigenvalue weighted by atomic mass is 9.87. The van der Waals surface area contributed by atoms with Crippen LogP contribution in [0.2, 0.25) is 0 Å². The van der Waals surface area contributed by atoms with Crippen LogP contribution in [0.5, 0.6) is 0 Å². The number of rotatable bonds is 3. The molecule has 0 bridgehead atoms. The van der Waals surface area contributed by atoms with E-state index in [0.717, 1.165) is 31.7 Å². The molecule has 5 heteroatoms. The van der Waals surface area contributed by atoms with E-state index in [0.29, 0.717) is 5.92 Å². The molecule has 0 saturated heterocycles. The summed E-state index contributed by atoms with van der Waals surface area (Å²) in [5.41, 5.74) is -0.595. The Kier molecular flexibility index (Phi) is 4.02. The van der Waals surface area contributed by atoms with Gasteiger partial charge < -0.3 is 10.4 Å². The third-order valence-electron chi connectivity index (χ3n) is 3.69. The quantitative estimate of drug-likeness (QED) is 0.880. The molecule has 0 unspecified atom stereocenters. The lowest BCUT2D eigenvalue weighted by Gasteiger charge is -2.28. The molecule has 1 aliphatic carbocycles. The Balaban J connectivity index is 2.13. The monoisotopic (exact) mass is 269 g/mol. The zero-order valence-corrected chi connectivity index (χ0v) is 10.7. The highest BCUT2D eigenvalue weighted by molar-refractivity contribution is 5.88. The van der Waals surface area contributed by atoms with E-state index in [1.54, 1.807) is 0 Å². The number of carboxylic acid groups (broad SMARTS) is 1. The molecule has 1 aliphatic rings. The van der Waals surface area contributed by atoms with Crippen LogP contribution in [-0.4, -0.2) is 17.1 Å². The predicted octanol–water partition coefficient (Wildman–Crippen LogP) is 3.65. The molecule has 1 aromatic rings. The van der Waals surface area contributed by atoms with Crippen molar-refractivity contribution >= 4 is 11.7 Å². The van der Waals surface area contributed by atoms with Crippen LogP contribution >= 0.6 is 0 Å². The molecule has 3 nitrogen and oxygen atoms in total. The smallest absolute Gasteiger partial charge is 0.338 e. The number of anilines is 1. The van der Waals surface area contributed by atoms with Crippen molar-refractivity contribution in [1.29, 1.82) is 0 Å². The largest absolute Gasteiger partial charge is 0.478 e. The molecule has 0 spiro atoms. The van der Waals surface area contributed by atoms with Crippen LogP contribution < -0.4 is 5.32 Å². The van der Waals surface area contributed by atoms with Gasteiger partial charge in [-0.1, -0.05) is 6.92 Å². The van der Waals surface area contributed by atoms with Crippen molar-refractivity contribution in [1.82, 2.24) is 0 Å². The summed E-state index contributed by atoms with van der Waals surface area (Å²) in [7, 11) is 0. The fourth-order valence-electron chi connectivity index (χ4n) is 2.45. The standard InChI is InChI=1S/C14H17F2NO2/c1-8-2-4-9(5-3-8)17-11-7-6-10(14(18)19)12(15)13(11)16/h6-9,17H,2-5H2,1H3,(H,18,19). The molecule has 0 amide bonds. The molecule has 2 rings (SSSR count). The number of hydrogen-bond donors (Lipinski definition) is 2. The van der Waals surface area contributed by atoms with E-state index < -0.39 is 23.2 Å². The highest BCUT2D eigenvalue weighted by atomic mass is 19.2. The van der Waals surface area contributed by atoms with Gasteiger partial charge in [0.2, 0.25) is 0 Å². The third-order valence-corrected chi connectivity index (χ3v) is 3.69. The van der Waals surface area contributed by atoms with Gasteiger partial charge in [-0.2, -0.15) is 0 Å². The first kappa shape index (κ1) is 13.8. The van der Waals surface area contributed by atoms with Gasteiger partial charge in [0.15, 0.2) is 11.6 Å². The molecule has 1 saturated carbocycles. The van der Waals surface area contributed by atoms with E-state index >= 15 is 0 Å². The molecule has 0 heterocycles. The van der Waals surface area contributed by atoms with Gasteiger partial charge in [-0.3, -0.25) is 0 Å². The van der Waals surface area contributed by atoms with Crippen molar-refractivity contribution in [3.05, 3.63) is 29.3 Å². The third kappa shape index (κ3) is 3.03. The predicted molar refractivity (Wildman–Crippen MR) is 68.4 cm³/mol. The number of benzene rings is 1. The minimum Gasteiger partial charge on any atom is -0.478 e. The molecule has 0 aromatic heterocycles. The van der Waals surface area contributed by atoms with E-state index in [1.807, 2.05) is 0 Å². The second-order valence-corrected chi connectivity index (χ2v) is 5.19. The van der Waals surface area contributed by atoms with E-state index in [-0.39, 0.29) is 11.7 Å². The van der Waals surface area contributed by atoms with E-state index in [9.17, 15) is 13.6 Å². The van der Waals surface area contributed by atoms with Crippen LogP contribution in [0.1, 0.15) is 43.0 Å². The molecule has 104 valence electrons. The van der Waals surface area contributed by atoms with Gasteiger partial charge in [-0.15, -0.1) is 0 Å². The SMILES string of the molecule is CC1CCC(Nc2ccc(C(=O)O)c(F)c2F)CC1. The van der Waals surface area contributed by atoms with Crippen LogP contribution in [0.25, 0.3) is 0 Å². The average Bonchev–Trinajstić information content (AvgIpc) is 2.37. The summed E-state index contributed by atoms with van der Waals surface area (Å²) >= 11 is 0. The van der Waals surface area contributed by atoms with Gasteiger partial charge in [0.25, 0.3) is 0 Å². The summed E-state index contributed by atoms with van der Waals surface area (Å²) in [5.74, 6) is -3.20. The average molecular weight is 269 g/mol. The van der Waals surface area contributed by atoms with E-state index in [4.69, 9.17) is 5.11 Å². The summed E-state index contributed by atoms with van der Waals surface area (Å²) in [6, 6.07) is 2.51. The fourth-order valence-corrected chi connectivity index (χ4v) is 2.45. The van der Waals surface area contributed by atoms with Crippen LogP contribution in [0.15, 0.2) is 12.1 Å². The first-order valence-electron chi connectivity index (χ1n) is 6.47. The molecule has 2 N–H and O–H groups in total. The maximum absolute atomic E-state index is 13.8. The zero-order chi connectivity index (χ0) is 14.0. The Morgan fingerprint density at radius 3 is 2.42 bits per heavy atom. The Bertz CT molecular complexity index is 483. The summed E-state index contributed by atoms with van der Waals surface area (Å²) in [5, 5.41) is 11.7. The summed E-state index contributed by atoms with van der Waals surface area (Å²) in [4.78, 5) is 10.7. The van der Waals surface area contributed by atoms with Crippen LogP contribution in [-0.2, 0) is 0 Å². The van der Waals surface area contributed by atoms with Gasteiger partial charge in [0.1, 0.15) is 0 Å². The second-order valence-electron chi connectivity index (χ2n) is 5.19. The minimum absolute atomic E-state index is 0.0436. The topological polar surface area (TPSA) is 49.3 Å². The summed E-state index contributed by atoms with van der Waals surface area (Å²) in [6.45, 7) is 2.18. The lowest BCUT2D eigenvalue weighted by Crippen LogP contribution is -2.26. The van der Waals surface area contributed by atoms with Crippen LogP contribution in [0.3, 0.4) is 0 Å². The Morgan fingerprint density at radius 2 is 1.84 bits per heavy atom. The Labute approximate surface area is 110 Å². The molecule has 1 fully saturated rings. The number of hydrogen-bond acceptors (Lipinski definition) is 2. The first-order chi connectivity index (χ1) is 8.99. The summed E-state index contributed by atoms with van der Waals surface area (Å²) in [6.07, 6.45) is 3.97. The Hall–Kier alpha value is -1.65. The maximum Gasteiger partial charge on any atom is 0.338 e. The van der Waals surface area contributed by atoms with E-state index in [1.165, 1.54) is 6.07 Å².